The first-order valence-electron chi connectivity index (χ1n) is 6.04. The van der Waals surface area contributed by atoms with E-state index in [1.165, 1.54) is 0 Å². The molecule has 0 aliphatic carbocycles. The maximum absolute atomic E-state index is 12.5. The number of rotatable bonds is 2. The minimum absolute atomic E-state index is 0.000741. The number of ketones is 1. The fourth-order valence-corrected chi connectivity index (χ4v) is 3.08. The second kappa shape index (κ2) is 3.67. The Morgan fingerprint density at radius 1 is 1.33 bits per heavy atom. The van der Waals surface area contributed by atoms with E-state index in [9.17, 15) is 9.59 Å². The van der Waals surface area contributed by atoms with Crippen LogP contribution in [0.15, 0.2) is 24.3 Å². The second-order valence-electron chi connectivity index (χ2n) is 4.77. The standard InChI is InChI=1S/C14H12N2O2/c15-9-3-7-14-8-6-12(17)16(14)11-5-2-1-4-10(11)13(14)18/h1-2,4-5H,3,6-8H2. The van der Waals surface area contributed by atoms with Crippen molar-refractivity contribution in [3.8, 4) is 6.07 Å². The first-order chi connectivity index (χ1) is 8.70. The minimum atomic E-state index is -0.781. The lowest BCUT2D eigenvalue weighted by atomic mass is 9.86. The molecule has 3 rings (SSSR count). The highest BCUT2D eigenvalue weighted by atomic mass is 16.2. The lowest BCUT2D eigenvalue weighted by Gasteiger charge is -2.29. The van der Waals surface area contributed by atoms with Crippen LogP contribution < -0.4 is 4.90 Å². The fraction of sp³-hybridized carbons (Fsp3) is 0.357. The summed E-state index contributed by atoms with van der Waals surface area (Å²) < 4.78 is 0. The third kappa shape index (κ3) is 1.19. The molecule has 2 aliphatic rings. The Balaban J connectivity index is 2.14. The quantitative estimate of drug-likeness (QED) is 0.794. The number of para-hydroxylation sites is 1. The molecule has 1 aromatic carbocycles. The zero-order valence-corrected chi connectivity index (χ0v) is 9.85. The van der Waals surface area contributed by atoms with Crippen molar-refractivity contribution in [1.29, 1.82) is 5.26 Å². The number of amides is 1. The largest absolute Gasteiger partial charge is 0.298 e. The van der Waals surface area contributed by atoms with Crippen LogP contribution in [0.1, 0.15) is 36.0 Å². The summed E-state index contributed by atoms with van der Waals surface area (Å²) in [7, 11) is 0. The van der Waals surface area contributed by atoms with Gasteiger partial charge in [0.05, 0.1) is 11.8 Å². The summed E-state index contributed by atoms with van der Waals surface area (Å²) in [6, 6.07) is 9.28. The van der Waals surface area contributed by atoms with E-state index in [-0.39, 0.29) is 11.7 Å². The molecule has 90 valence electrons. The third-order valence-corrected chi connectivity index (χ3v) is 3.89. The molecule has 0 spiro atoms. The summed E-state index contributed by atoms with van der Waals surface area (Å²) in [5.41, 5.74) is 0.544. The van der Waals surface area contributed by atoms with Crippen LogP contribution in [0.2, 0.25) is 0 Å². The van der Waals surface area contributed by atoms with Crippen molar-refractivity contribution in [3.05, 3.63) is 29.8 Å². The lowest BCUT2D eigenvalue weighted by molar-refractivity contribution is -0.117. The molecular formula is C14H12N2O2. The van der Waals surface area contributed by atoms with Crippen molar-refractivity contribution in [2.75, 3.05) is 4.90 Å². The van der Waals surface area contributed by atoms with Crippen LogP contribution in [0.5, 0.6) is 0 Å². The summed E-state index contributed by atoms with van der Waals surface area (Å²) in [5, 5.41) is 8.75. The van der Waals surface area contributed by atoms with Crippen LogP contribution in [0, 0.1) is 11.3 Å². The van der Waals surface area contributed by atoms with Crippen LogP contribution in [-0.2, 0) is 4.79 Å². The SMILES string of the molecule is N#CCCC12CCC(=O)N1c1ccccc1C2=O. The Hall–Kier alpha value is -2.15. The van der Waals surface area contributed by atoms with Crippen LogP contribution in [0.4, 0.5) is 5.69 Å². The number of hydrogen-bond donors (Lipinski definition) is 0. The van der Waals surface area contributed by atoms with E-state index in [1.807, 2.05) is 12.1 Å². The van der Waals surface area contributed by atoms with Gasteiger partial charge in [-0.1, -0.05) is 12.1 Å². The molecule has 0 saturated carbocycles. The Bertz CT molecular complexity index is 588. The number of carbonyl (C=O) groups excluding carboxylic acids is 2. The van der Waals surface area contributed by atoms with Crippen molar-refractivity contribution in [1.82, 2.24) is 0 Å². The molecule has 1 aromatic rings. The molecule has 4 nitrogen and oxygen atoms in total. The van der Waals surface area contributed by atoms with Gasteiger partial charge < -0.3 is 0 Å². The van der Waals surface area contributed by atoms with E-state index < -0.39 is 5.54 Å². The number of nitrogens with zero attached hydrogens (tertiary/aromatic N) is 2. The molecule has 1 unspecified atom stereocenters. The van der Waals surface area contributed by atoms with Gasteiger partial charge in [0, 0.05) is 18.4 Å². The van der Waals surface area contributed by atoms with E-state index >= 15 is 0 Å². The average molecular weight is 240 g/mol. The number of carbonyl (C=O) groups is 2. The molecule has 0 bridgehead atoms. The van der Waals surface area contributed by atoms with Crippen LogP contribution in [0.3, 0.4) is 0 Å². The van der Waals surface area contributed by atoms with E-state index in [0.29, 0.717) is 36.9 Å². The molecule has 0 N–H and O–H groups in total. The van der Waals surface area contributed by atoms with Crippen molar-refractivity contribution in [2.45, 2.75) is 31.2 Å². The Labute approximate surface area is 105 Å². The summed E-state index contributed by atoms with van der Waals surface area (Å²) in [5.74, 6) is -0.00885. The smallest absolute Gasteiger partial charge is 0.228 e. The predicted octanol–water partition coefficient (Wildman–Crippen LogP) is 2.05. The monoisotopic (exact) mass is 240 g/mol. The molecule has 4 heteroatoms. The summed E-state index contributed by atoms with van der Waals surface area (Å²) in [6.07, 6.45) is 1.65. The van der Waals surface area contributed by atoms with E-state index in [2.05, 4.69) is 6.07 Å². The highest BCUT2D eigenvalue weighted by Crippen LogP contribution is 2.47. The zero-order chi connectivity index (χ0) is 12.8. The predicted molar refractivity (Wildman–Crippen MR) is 65.1 cm³/mol. The molecular weight excluding hydrogens is 228 g/mol. The first kappa shape index (κ1) is 11.0. The number of hydrogen-bond acceptors (Lipinski definition) is 3. The van der Waals surface area contributed by atoms with Crippen molar-refractivity contribution < 1.29 is 9.59 Å². The lowest BCUT2D eigenvalue weighted by Crippen LogP contribution is -2.47. The normalized spacial score (nSPS) is 24.9. The van der Waals surface area contributed by atoms with Crippen LogP contribution >= 0.6 is 0 Å². The number of nitriles is 1. The zero-order valence-electron chi connectivity index (χ0n) is 9.85. The summed E-state index contributed by atoms with van der Waals surface area (Å²) >= 11 is 0. The van der Waals surface area contributed by atoms with Crippen molar-refractivity contribution >= 4 is 17.4 Å². The number of anilines is 1. The van der Waals surface area contributed by atoms with Gasteiger partial charge in [0.2, 0.25) is 5.91 Å². The molecule has 1 fully saturated rings. The van der Waals surface area contributed by atoms with Gasteiger partial charge in [-0.15, -0.1) is 0 Å². The van der Waals surface area contributed by atoms with Crippen molar-refractivity contribution in [3.63, 3.8) is 0 Å². The molecule has 2 heterocycles. The number of fused-ring (bicyclic) bond motifs is 3. The topological polar surface area (TPSA) is 61.2 Å². The summed E-state index contributed by atoms with van der Waals surface area (Å²) in [6.45, 7) is 0. The summed E-state index contributed by atoms with van der Waals surface area (Å²) in [4.78, 5) is 26.2. The van der Waals surface area contributed by atoms with Gasteiger partial charge in [-0.2, -0.15) is 5.26 Å². The maximum atomic E-state index is 12.5. The van der Waals surface area contributed by atoms with Gasteiger partial charge in [-0.25, -0.2) is 0 Å². The van der Waals surface area contributed by atoms with E-state index in [0.717, 1.165) is 0 Å². The maximum Gasteiger partial charge on any atom is 0.228 e. The van der Waals surface area contributed by atoms with Gasteiger partial charge in [0.15, 0.2) is 5.78 Å². The van der Waals surface area contributed by atoms with Gasteiger partial charge in [-0.05, 0) is 25.0 Å². The Kier molecular flexibility index (Phi) is 2.24. The van der Waals surface area contributed by atoms with E-state index in [1.54, 1.807) is 17.0 Å². The average Bonchev–Trinajstić information content (AvgIpc) is 2.85. The Morgan fingerprint density at radius 2 is 2.11 bits per heavy atom. The molecule has 0 aromatic heterocycles. The first-order valence-corrected chi connectivity index (χ1v) is 6.04. The highest BCUT2D eigenvalue weighted by molar-refractivity contribution is 6.22. The molecule has 18 heavy (non-hydrogen) atoms. The molecule has 0 radical (unpaired) electrons. The Morgan fingerprint density at radius 3 is 2.89 bits per heavy atom. The molecule has 1 atom stereocenters. The van der Waals surface area contributed by atoms with Gasteiger partial charge >= 0.3 is 0 Å². The van der Waals surface area contributed by atoms with Crippen LogP contribution in [-0.4, -0.2) is 17.2 Å². The third-order valence-electron chi connectivity index (χ3n) is 3.89. The second-order valence-corrected chi connectivity index (χ2v) is 4.77. The number of Topliss-reactive ketones (excluding diaryl/α,β-unsaturated/α-hetero) is 1. The molecule has 2 aliphatic heterocycles. The van der Waals surface area contributed by atoms with Crippen LogP contribution in [0.25, 0.3) is 0 Å². The van der Waals surface area contributed by atoms with E-state index in [4.69, 9.17) is 5.26 Å². The van der Waals surface area contributed by atoms with Gasteiger partial charge in [-0.3, -0.25) is 14.5 Å². The fourth-order valence-electron chi connectivity index (χ4n) is 3.08. The van der Waals surface area contributed by atoms with Gasteiger partial charge in [0.1, 0.15) is 5.54 Å². The minimum Gasteiger partial charge on any atom is -0.298 e. The molecule has 1 amide bonds. The van der Waals surface area contributed by atoms with Gasteiger partial charge in [0.25, 0.3) is 0 Å². The molecule has 1 saturated heterocycles. The highest BCUT2D eigenvalue weighted by Gasteiger charge is 2.56. The van der Waals surface area contributed by atoms with Crippen molar-refractivity contribution in [2.24, 2.45) is 0 Å². The number of benzene rings is 1.